The highest BCUT2D eigenvalue weighted by Gasteiger charge is 2.18. The Hall–Kier alpha value is -1.65. The van der Waals surface area contributed by atoms with E-state index in [1.807, 2.05) is 6.92 Å². The van der Waals surface area contributed by atoms with Gasteiger partial charge in [0.2, 0.25) is 5.95 Å². The fourth-order valence-corrected chi connectivity index (χ4v) is 2.86. The van der Waals surface area contributed by atoms with E-state index in [0.717, 1.165) is 25.3 Å². The molecule has 21 heavy (non-hydrogen) atoms. The molecule has 1 N–H and O–H groups in total. The Labute approximate surface area is 127 Å². The van der Waals surface area contributed by atoms with Gasteiger partial charge in [-0.25, -0.2) is 9.97 Å². The van der Waals surface area contributed by atoms with Gasteiger partial charge in [0.1, 0.15) is 5.69 Å². The summed E-state index contributed by atoms with van der Waals surface area (Å²) in [5.74, 6) is 1.20. The normalized spacial score (nSPS) is 15.2. The van der Waals surface area contributed by atoms with Gasteiger partial charge in [0.05, 0.1) is 0 Å². The van der Waals surface area contributed by atoms with Crippen LogP contribution in [0.5, 0.6) is 0 Å². The molecule has 1 fully saturated rings. The van der Waals surface area contributed by atoms with Crippen LogP contribution in [-0.4, -0.2) is 35.5 Å². The largest absolute Gasteiger partial charge is 0.350 e. The van der Waals surface area contributed by atoms with Crippen molar-refractivity contribution in [3.8, 4) is 0 Å². The van der Waals surface area contributed by atoms with Crippen LogP contribution in [0.3, 0.4) is 0 Å². The van der Waals surface area contributed by atoms with Gasteiger partial charge in [-0.1, -0.05) is 12.8 Å². The van der Waals surface area contributed by atoms with Crippen LogP contribution in [0.1, 0.15) is 55.7 Å². The molecule has 116 valence electrons. The maximum Gasteiger partial charge on any atom is 0.270 e. The predicted octanol–water partition coefficient (Wildman–Crippen LogP) is 2.55. The number of anilines is 1. The first-order valence-electron chi connectivity index (χ1n) is 8.02. The van der Waals surface area contributed by atoms with Crippen LogP contribution in [0.15, 0.2) is 6.07 Å². The van der Waals surface area contributed by atoms with Gasteiger partial charge in [-0.2, -0.15) is 0 Å². The number of nitrogens with zero attached hydrogens (tertiary/aromatic N) is 3. The van der Waals surface area contributed by atoms with Crippen molar-refractivity contribution in [2.45, 2.75) is 46.5 Å². The molecule has 0 unspecified atom stereocenters. The Kier molecular flexibility index (Phi) is 5.53. The number of carbonyl (C=O) groups is 1. The molecule has 5 nitrogen and oxygen atoms in total. The quantitative estimate of drug-likeness (QED) is 0.874. The van der Waals surface area contributed by atoms with Crippen LogP contribution < -0.4 is 10.2 Å². The van der Waals surface area contributed by atoms with E-state index < -0.39 is 0 Å². The summed E-state index contributed by atoms with van der Waals surface area (Å²) in [6.45, 7) is 8.47. The van der Waals surface area contributed by atoms with E-state index in [-0.39, 0.29) is 5.91 Å². The van der Waals surface area contributed by atoms with E-state index in [0.29, 0.717) is 17.6 Å². The van der Waals surface area contributed by atoms with Crippen LogP contribution >= 0.6 is 0 Å². The minimum Gasteiger partial charge on any atom is -0.350 e. The lowest BCUT2D eigenvalue weighted by atomic mass is 10.1. The number of rotatable bonds is 6. The second-order valence-corrected chi connectivity index (χ2v) is 5.73. The van der Waals surface area contributed by atoms with Crippen molar-refractivity contribution < 1.29 is 4.79 Å². The first-order valence-corrected chi connectivity index (χ1v) is 8.02. The number of aryl methyl sites for hydroxylation is 1. The summed E-state index contributed by atoms with van der Waals surface area (Å²) < 4.78 is 0. The summed E-state index contributed by atoms with van der Waals surface area (Å²) in [5.41, 5.74) is 1.31. The van der Waals surface area contributed by atoms with Crippen molar-refractivity contribution in [2.75, 3.05) is 24.5 Å². The minimum atomic E-state index is -0.0826. The van der Waals surface area contributed by atoms with Crippen molar-refractivity contribution in [1.82, 2.24) is 15.3 Å². The lowest BCUT2D eigenvalue weighted by Gasteiger charge is -2.19. The Morgan fingerprint density at radius 2 is 1.95 bits per heavy atom. The lowest BCUT2D eigenvalue weighted by molar-refractivity contribution is 0.0942. The van der Waals surface area contributed by atoms with Gasteiger partial charge in [-0.15, -0.1) is 0 Å². The van der Waals surface area contributed by atoms with Gasteiger partial charge < -0.3 is 10.2 Å². The van der Waals surface area contributed by atoms with E-state index in [1.54, 1.807) is 6.07 Å². The average Bonchev–Trinajstić information content (AvgIpc) is 2.99. The lowest BCUT2D eigenvalue weighted by Crippen LogP contribution is -2.30. The molecule has 0 atom stereocenters. The number of amides is 1. The molecule has 1 aliphatic rings. The van der Waals surface area contributed by atoms with Crippen molar-refractivity contribution in [3.63, 3.8) is 0 Å². The molecule has 1 heterocycles. The zero-order chi connectivity index (χ0) is 15.2. The topological polar surface area (TPSA) is 58.1 Å². The molecule has 5 heteroatoms. The number of carbonyl (C=O) groups excluding carboxylic acids is 1. The predicted molar refractivity (Wildman–Crippen MR) is 84.6 cm³/mol. The summed E-state index contributed by atoms with van der Waals surface area (Å²) >= 11 is 0. The zero-order valence-electron chi connectivity index (χ0n) is 13.4. The van der Waals surface area contributed by atoms with Crippen LogP contribution in [0.25, 0.3) is 0 Å². The third-order valence-corrected chi connectivity index (χ3v) is 4.15. The van der Waals surface area contributed by atoms with Gasteiger partial charge in [-0.3, -0.25) is 4.79 Å². The number of aromatic nitrogens is 2. The molecule has 2 rings (SSSR count). The van der Waals surface area contributed by atoms with Crippen molar-refractivity contribution >= 4 is 11.9 Å². The number of nitrogens with one attached hydrogen (secondary N) is 1. The van der Waals surface area contributed by atoms with Crippen molar-refractivity contribution in [2.24, 2.45) is 5.92 Å². The molecule has 0 saturated heterocycles. The second kappa shape index (κ2) is 7.38. The van der Waals surface area contributed by atoms with Crippen LogP contribution in [0, 0.1) is 12.8 Å². The summed E-state index contributed by atoms with van der Waals surface area (Å²) in [5, 5.41) is 3.02. The van der Waals surface area contributed by atoms with Gasteiger partial charge in [-0.05, 0) is 45.6 Å². The molecular formula is C16H26N4O. The van der Waals surface area contributed by atoms with E-state index in [9.17, 15) is 4.79 Å². The summed E-state index contributed by atoms with van der Waals surface area (Å²) in [6.07, 6.45) is 5.04. The van der Waals surface area contributed by atoms with E-state index in [1.165, 1.54) is 25.7 Å². The first-order chi connectivity index (χ1) is 10.1. The molecule has 0 radical (unpaired) electrons. The Balaban J connectivity index is 2.05. The van der Waals surface area contributed by atoms with Gasteiger partial charge in [0.25, 0.3) is 5.91 Å². The molecule has 0 spiro atoms. The van der Waals surface area contributed by atoms with Crippen molar-refractivity contribution in [3.05, 3.63) is 17.5 Å². The smallest absolute Gasteiger partial charge is 0.270 e. The Morgan fingerprint density at radius 1 is 1.29 bits per heavy atom. The fraction of sp³-hybridized carbons (Fsp3) is 0.688. The highest BCUT2D eigenvalue weighted by Crippen LogP contribution is 2.23. The Morgan fingerprint density at radius 3 is 2.57 bits per heavy atom. The van der Waals surface area contributed by atoms with E-state index in [4.69, 9.17) is 0 Å². The molecule has 0 aliphatic heterocycles. The molecule has 1 amide bonds. The second-order valence-electron chi connectivity index (χ2n) is 5.73. The molecule has 1 saturated carbocycles. The van der Waals surface area contributed by atoms with Crippen LogP contribution in [0.2, 0.25) is 0 Å². The standard InChI is InChI=1S/C16H26N4O/c1-4-20(5-2)16-18-12(3)10-14(19-16)15(21)17-11-13-8-6-7-9-13/h10,13H,4-9,11H2,1-3H3,(H,17,21). The van der Waals surface area contributed by atoms with Crippen LogP contribution in [-0.2, 0) is 0 Å². The highest BCUT2D eigenvalue weighted by molar-refractivity contribution is 5.92. The molecular weight excluding hydrogens is 264 g/mol. The minimum absolute atomic E-state index is 0.0826. The molecule has 0 aromatic carbocycles. The van der Waals surface area contributed by atoms with E-state index >= 15 is 0 Å². The summed E-state index contributed by atoms with van der Waals surface area (Å²) in [6, 6.07) is 1.76. The molecule has 0 bridgehead atoms. The molecule has 1 aromatic rings. The van der Waals surface area contributed by atoms with E-state index in [2.05, 4.69) is 34.0 Å². The first kappa shape index (κ1) is 15.7. The Bertz CT molecular complexity index is 479. The SMILES string of the molecule is CCN(CC)c1nc(C)cc(C(=O)NCC2CCCC2)n1. The zero-order valence-corrected chi connectivity index (χ0v) is 13.4. The van der Waals surface area contributed by atoms with Crippen LogP contribution in [0.4, 0.5) is 5.95 Å². The summed E-state index contributed by atoms with van der Waals surface area (Å²) in [7, 11) is 0. The van der Waals surface area contributed by atoms with Gasteiger partial charge >= 0.3 is 0 Å². The maximum atomic E-state index is 12.3. The monoisotopic (exact) mass is 290 g/mol. The fourth-order valence-electron chi connectivity index (χ4n) is 2.86. The summed E-state index contributed by atoms with van der Waals surface area (Å²) in [4.78, 5) is 23.2. The molecule has 1 aliphatic carbocycles. The molecule has 1 aromatic heterocycles. The number of hydrogen-bond donors (Lipinski definition) is 1. The average molecular weight is 290 g/mol. The third-order valence-electron chi connectivity index (χ3n) is 4.15. The number of hydrogen-bond acceptors (Lipinski definition) is 4. The third kappa shape index (κ3) is 4.16. The van der Waals surface area contributed by atoms with Crippen molar-refractivity contribution in [1.29, 1.82) is 0 Å². The van der Waals surface area contributed by atoms with Gasteiger partial charge in [0.15, 0.2) is 0 Å². The van der Waals surface area contributed by atoms with Gasteiger partial charge in [0, 0.05) is 25.3 Å². The highest BCUT2D eigenvalue weighted by atomic mass is 16.1. The maximum absolute atomic E-state index is 12.3.